The Morgan fingerprint density at radius 1 is 1.62 bits per heavy atom. The average Bonchev–Trinajstić information content (AvgIpc) is 2.60. The zero-order valence-electron chi connectivity index (χ0n) is 6.91. The van der Waals surface area contributed by atoms with Crippen molar-refractivity contribution in [3.05, 3.63) is 28.2 Å². The smallest absolute Gasteiger partial charge is 0.199 e. The van der Waals surface area contributed by atoms with Gasteiger partial charge in [-0.25, -0.2) is 4.39 Å². The Bertz CT molecular complexity index is 381. The molecule has 0 fully saturated rings. The lowest BCUT2D eigenvalue weighted by molar-refractivity contribution is -0.119. The van der Waals surface area contributed by atoms with Crippen molar-refractivity contribution in [3.63, 3.8) is 0 Å². The van der Waals surface area contributed by atoms with Crippen LogP contribution in [-0.4, -0.2) is 11.9 Å². The van der Waals surface area contributed by atoms with Gasteiger partial charge < -0.3 is 4.74 Å². The molecule has 0 spiro atoms. The van der Waals surface area contributed by atoms with Gasteiger partial charge in [0.05, 0.1) is 0 Å². The highest BCUT2D eigenvalue weighted by Crippen LogP contribution is 2.29. The van der Waals surface area contributed by atoms with E-state index in [0.717, 1.165) is 0 Å². The molecule has 68 valence electrons. The van der Waals surface area contributed by atoms with E-state index >= 15 is 0 Å². The van der Waals surface area contributed by atoms with Gasteiger partial charge in [-0.15, -0.1) is 11.3 Å². The van der Waals surface area contributed by atoms with E-state index in [2.05, 4.69) is 0 Å². The Labute approximate surface area is 78.6 Å². The van der Waals surface area contributed by atoms with Crippen LogP contribution in [0.4, 0.5) is 4.39 Å². The maximum absolute atomic E-state index is 13.0. The highest BCUT2D eigenvalue weighted by Gasteiger charge is 2.25. The van der Waals surface area contributed by atoms with Crippen LogP contribution in [0.25, 0.3) is 5.76 Å². The largest absolute Gasteiger partial charge is 0.481 e. The van der Waals surface area contributed by atoms with Crippen molar-refractivity contribution in [2.45, 2.75) is 13.0 Å². The fourth-order valence-corrected chi connectivity index (χ4v) is 1.85. The predicted octanol–water partition coefficient (Wildman–Crippen LogP) is 2.22. The predicted molar refractivity (Wildman–Crippen MR) is 47.8 cm³/mol. The average molecular weight is 198 g/mol. The molecule has 2 rings (SSSR count). The number of ketones is 1. The fourth-order valence-electron chi connectivity index (χ4n) is 1.12. The standard InChI is InChI=1S/C9H7FO2S/c1-5-7(11)4-8(12-5)9-6(10)2-3-13-9/h2-5H,1H3. The molecule has 1 unspecified atom stereocenters. The van der Waals surface area contributed by atoms with Gasteiger partial charge in [0.2, 0.25) is 0 Å². The second-order valence-electron chi connectivity index (χ2n) is 2.77. The van der Waals surface area contributed by atoms with E-state index in [4.69, 9.17) is 4.74 Å². The number of hydrogen-bond acceptors (Lipinski definition) is 3. The molecule has 0 saturated carbocycles. The first-order valence-electron chi connectivity index (χ1n) is 3.84. The van der Waals surface area contributed by atoms with E-state index in [1.807, 2.05) is 0 Å². The molecule has 2 heterocycles. The molecular weight excluding hydrogens is 191 g/mol. The third-order valence-electron chi connectivity index (χ3n) is 1.82. The number of carbonyl (C=O) groups is 1. The summed E-state index contributed by atoms with van der Waals surface area (Å²) < 4.78 is 18.2. The SMILES string of the molecule is CC1OC(c2sccc2F)=CC1=O. The number of halogens is 1. The van der Waals surface area contributed by atoms with Gasteiger partial charge in [-0.1, -0.05) is 0 Å². The van der Waals surface area contributed by atoms with Crippen LogP contribution in [0, 0.1) is 5.82 Å². The van der Waals surface area contributed by atoms with Crippen LogP contribution in [-0.2, 0) is 9.53 Å². The summed E-state index contributed by atoms with van der Waals surface area (Å²) in [7, 11) is 0. The van der Waals surface area contributed by atoms with Gasteiger partial charge in [0.1, 0.15) is 16.5 Å². The van der Waals surface area contributed by atoms with Crippen molar-refractivity contribution in [1.82, 2.24) is 0 Å². The first-order chi connectivity index (χ1) is 6.18. The van der Waals surface area contributed by atoms with E-state index in [1.165, 1.54) is 23.5 Å². The molecule has 0 saturated heterocycles. The normalized spacial score (nSPS) is 21.5. The number of ether oxygens (including phenoxy) is 1. The van der Waals surface area contributed by atoms with Crippen LogP contribution in [0.15, 0.2) is 17.5 Å². The maximum atomic E-state index is 13.0. The highest BCUT2D eigenvalue weighted by molar-refractivity contribution is 7.11. The van der Waals surface area contributed by atoms with Crippen molar-refractivity contribution in [3.8, 4) is 0 Å². The summed E-state index contributed by atoms with van der Waals surface area (Å²) in [5.41, 5.74) is 0. The van der Waals surface area contributed by atoms with Crippen LogP contribution < -0.4 is 0 Å². The summed E-state index contributed by atoms with van der Waals surface area (Å²) in [6.07, 6.45) is 0.871. The zero-order valence-corrected chi connectivity index (χ0v) is 7.73. The van der Waals surface area contributed by atoms with Crippen molar-refractivity contribution in [2.24, 2.45) is 0 Å². The van der Waals surface area contributed by atoms with E-state index in [0.29, 0.717) is 10.6 Å². The molecule has 0 N–H and O–H groups in total. The number of thiophene rings is 1. The minimum absolute atomic E-state index is 0.109. The Kier molecular flexibility index (Phi) is 1.92. The van der Waals surface area contributed by atoms with Crippen LogP contribution in [0.3, 0.4) is 0 Å². The van der Waals surface area contributed by atoms with Crippen LogP contribution >= 0.6 is 11.3 Å². The zero-order chi connectivity index (χ0) is 9.42. The highest BCUT2D eigenvalue weighted by atomic mass is 32.1. The third kappa shape index (κ3) is 1.37. The first kappa shape index (κ1) is 8.44. The lowest BCUT2D eigenvalue weighted by atomic mass is 10.3. The monoisotopic (exact) mass is 198 g/mol. The van der Waals surface area contributed by atoms with E-state index < -0.39 is 6.10 Å². The number of carbonyl (C=O) groups excluding carboxylic acids is 1. The lowest BCUT2D eigenvalue weighted by Gasteiger charge is -2.04. The molecule has 1 aromatic rings. The van der Waals surface area contributed by atoms with Gasteiger partial charge in [0, 0.05) is 6.08 Å². The molecule has 0 bridgehead atoms. The quantitative estimate of drug-likeness (QED) is 0.691. The van der Waals surface area contributed by atoms with Crippen molar-refractivity contribution < 1.29 is 13.9 Å². The molecule has 2 nitrogen and oxygen atoms in total. The summed E-state index contributed by atoms with van der Waals surface area (Å²) in [6.45, 7) is 1.65. The molecule has 0 aromatic carbocycles. The van der Waals surface area contributed by atoms with Crippen LogP contribution in [0.2, 0.25) is 0 Å². The molecule has 1 atom stereocenters. The Hall–Kier alpha value is -1.16. The minimum atomic E-state index is -0.475. The lowest BCUT2D eigenvalue weighted by Crippen LogP contribution is -2.09. The maximum Gasteiger partial charge on any atom is 0.199 e. The second kappa shape index (κ2) is 2.96. The molecule has 1 aromatic heterocycles. The van der Waals surface area contributed by atoms with Crippen LogP contribution in [0.5, 0.6) is 0 Å². The molecule has 0 radical (unpaired) electrons. The summed E-state index contributed by atoms with van der Waals surface area (Å²) in [5.74, 6) is -0.0917. The van der Waals surface area contributed by atoms with Crippen molar-refractivity contribution in [2.75, 3.05) is 0 Å². The fraction of sp³-hybridized carbons (Fsp3) is 0.222. The second-order valence-corrected chi connectivity index (χ2v) is 3.68. The van der Waals surface area contributed by atoms with E-state index in [-0.39, 0.29) is 11.6 Å². The summed E-state index contributed by atoms with van der Waals surface area (Å²) in [4.78, 5) is 11.5. The Balaban J connectivity index is 2.35. The van der Waals surface area contributed by atoms with Crippen molar-refractivity contribution >= 4 is 22.9 Å². The summed E-state index contributed by atoms with van der Waals surface area (Å²) >= 11 is 1.23. The molecule has 4 heteroatoms. The molecular formula is C9H7FO2S. The molecule has 1 aliphatic rings. The molecule has 0 amide bonds. The van der Waals surface area contributed by atoms with Gasteiger partial charge in [-0.05, 0) is 18.4 Å². The summed E-state index contributed by atoms with van der Waals surface area (Å²) in [6, 6.07) is 1.36. The molecule has 13 heavy (non-hydrogen) atoms. The van der Waals surface area contributed by atoms with Gasteiger partial charge in [0.25, 0.3) is 0 Å². The first-order valence-corrected chi connectivity index (χ1v) is 4.72. The van der Waals surface area contributed by atoms with Gasteiger partial charge in [0.15, 0.2) is 11.9 Å². The van der Waals surface area contributed by atoms with Gasteiger partial charge in [-0.2, -0.15) is 0 Å². The molecule has 1 aliphatic heterocycles. The Morgan fingerprint density at radius 2 is 2.38 bits per heavy atom. The third-order valence-corrected chi connectivity index (χ3v) is 2.72. The minimum Gasteiger partial charge on any atom is -0.481 e. The van der Waals surface area contributed by atoms with Crippen molar-refractivity contribution in [1.29, 1.82) is 0 Å². The van der Waals surface area contributed by atoms with Gasteiger partial charge in [-0.3, -0.25) is 4.79 Å². The van der Waals surface area contributed by atoms with Gasteiger partial charge >= 0.3 is 0 Å². The number of hydrogen-bond donors (Lipinski definition) is 0. The molecule has 0 aliphatic carbocycles. The topological polar surface area (TPSA) is 26.3 Å². The van der Waals surface area contributed by atoms with E-state index in [9.17, 15) is 9.18 Å². The van der Waals surface area contributed by atoms with Crippen LogP contribution in [0.1, 0.15) is 11.8 Å². The Morgan fingerprint density at radius 3 is 2.85 bits per heavy atom. The van der Waals surface area contributed by atoms with E-state index in [1.54, 1.807) is 12.3 Å². The number of rotatable bonds is 1. The summed E-state index contributed by atoms with van der Waals surface area (Å²) in [5, 5.41) is 1.63.